The predicted octanol–water partition coefficient (Wildman–Crippen LogP) is 6.86. The average molecular weight is 350 g/mol. The summed E-state index contributed by atoms with van der Waals surface area (Å²) in [5.41, 5.74) is 0. The molecule has 0 N–H and O–H groups in total. The molecule has 0 saturated carbocycles. The molecule has 0 aromatic rings. The van der Waals surface area contributed by atoms with Crippen LogP contribution >= 0.6 is 45.9 Å². The van der Waals surface area contributed by atoms with Gasteiger partial charge in [-0.1, -0.05) is 64.2 Å². The van der Waals surface area contributed by atoms with Gasteiger partial charge in [0.25, 0.3) is 0 Å². The Kier molecular flexibility index (Phi) is 14.5. The van der Waals surface area contributed by atoms with Crippen LogP contribution in [0.15, 0.2) is 0 Å². The Morgan fingerprint density at radius 2 is 0.889 bits per heavy atom. The largest absolute Gasteiger partial charge is 0.341 e. The number of hydrogen-bond donors (Lipinski definition) is 1. The van der Waals surface area contributed by atoms with Crippen molar-refractivity contribution in [3.8, 4) is 0 Å². The van der Waals surface area contributed by atoms with Crippen molar-refractivity contribution in [3.05, 3.63) is 0 Å². The maximum atomic E-state index is 5.83. The summed E-state index contributed by atoms with van der Waals surface area (Å²) in [6.07, 6.45) is 14.5. The number of rotatable bonds is 13. The van der Waals surface area contributed by atoms with E-state index in [1.54, 1.807) is 0 Å². The highest BCUT2D eigenvalue weighted by atomic mass is 35.8. The third-order valence-corrected chi connectivity index (χ3v) is 6.06. The highest BCUT2D eigenvalue weighted by Crippen LogP contribution is 2.27. The SMILES string of the molecule is SCCCCCCCCCCCCC[Si](Cl)(Cl)Cl. The van der Waals surface area contributed by atoms with Gasteiger partial charge in [-0.25, -0.2) is 0 Å². The Hall–Kier alpha value is 1.44. The van der Waals surface area contributed by atoms with E-state index >= 15 is 0 Å². The Labute approximate surface area is 134 Å². The van der Waals surface area contributed by atoms with Gasteiger partial charge in [-0.3, -0.25) is 0 Å². The fourth-order valence-corrected chi connectivity index (χ4v) is 4.11. The maximum Gasteiger partial charge on any atom is 0.341 e. The Bertz CT molecular complexity index is 174. The van der Waals surface area contributed by atoms with Crippen LogP contribution in [0, 0.1) is 0 Å². The highest BCUT2D eigenvalue weighted by molar-refractivity contribution is 7.80. The van der Waals surface area contributed by atoms with Crippen LogP contribution in [0.2, 0.25) is 6.04 Å². The molecule has 18 heavy (non-hydrogen) atoms. The second kappa shape index (κ2) is 13.4. The van der Waals surface area contributed by atoms with Crippen LogP contribution in [0.4, 0.5) is 0 Å². The normalized spacial score (nSPS) is 12.0. The quantitative estimate of drug-likeness (QED) is 0.159. The molecule has 0 atom stereocenters. The summed E-state index contributed by atoms with van der Waals surface area (Å²) in [7, 11) is 0. The fraction of sp³-hybridized carbons (Fsp3) is 1.00. The van der Waals surface area contributed by atoms with Gasteiger partial charge < -0.3 is 0 Å². The topological polar surface area (TPSA) is 0 Å². The van der Waals surface area contributed by atoms with E-state index in [0.29, 0.717) is 0 Å². The van der Waals surface area contributed by atoms with Gasteiger partial charge in [0, 0.05) is 0 Å². The lowest BCUT2D eigenvalue weighted by Gasteiger charge is -2.06. The van der Waals surface area contributed by atoms with Gasteiger partial charge in [-0.05, 0) is 18.2 Å². The smallest absolute Gasteiger partial charge is 0.179 e. The van der Waals surface area contributed by atoms with Crippen LogP contribution < -0.4 is 0 Å². The van der Waals surface area contributed by atoms with Crippen LogP contribution in [0.3, 0.4) is 0 Å². The first-order valence-corrected chi connectivity index (χ1v) is 13.1. The molecule has 0 fully saturated rings. The van der Waals surface area contributed by atoms with Crippen LogP contribution in [0.1, 0.15) is 70.6 Å². The summed E-state index contributed by atoms with van der Waals surface area (Å²) < 4.78 is 0. The van der Waals surface area contributed by atoms with E-state index < -0.39 is 6.00 Å². The molecule has 0 nitrogen and oxygen atoms in total. The lowest BCUT2D eigenvalue weighted by Crippen LogP contribution is -2.07. The first-order chi connectivity index (χ1) is 8.56. The van der Waals surface area contributed by atoms with Crippen molar-refractivity contribution in [2.45, 2.75) is 76.7 Å². The molecule has 0 radical (unpaired) electrons. The molecule has 0 aliphatic heterocycles. The fourth-order valence-electron chi connectivity index (χ4n) is 2.03. The molecule has 0 spiro atoms. The standard InChI is InChI=1S/C13H27Cl3SSi/c14-18(15,16)13-11-9-7-5-3-1-2-4-6-8-10-12-17/h17H,1-13H2. The van der Waals surface area contributed by atoms with Crippen molar-refractivity contribution in [1.29, 1.82) is 0 Å². The van der Waals surface area contributed by atoms with Crippen LogP contribution in [-0.2, 0) is 0 Å². The minimum absolute atomic E-state index is 0.822. The Balaban J connectivity index is 2.99. The van der Waals surface area contributed by atoms with Crippen molar-refractivity contribution in [2.24, 2.45) is 0 Å². The van der Waals surface area contributed by atoms with Gasteiger partial charge in [0.1, 0.15) is 0 Å². The molecule has 0 rings (SSSR count). The zero-order valence-electron chi connectivity index (χ0n) is 11.3. The summed E-state index contributed by atoms with van der Waals surface area (Å²) >= 11 is 21.7. The van der Waals surface area contributed by atoms with E-state index in [4.69, 9.17) is 33.2 Å². The molecule has 0 amide bonds. The van der Waals surface area contributed by atoms with Crippen molar-refractivity contribution >= 4 is 51.9 Å². The summed E-state index contributed by atoms with van der Waals surface area (Å²) in [5.74, 6) is 1.04. The minimum atomic E-state index is -2.34. The van der Waals surface area contributed by atoms with Gasteiger partial charge in [0.15, 0.2) is 0 Å². The molecule has 0 saturated heterocycles. The van der Waals surface area contributed by atoms with Crippen molar-refractivity contribution in [3.63, 3.8) is 0 Å². The summed E-state index contributed by atoms with van der Waals surface area (Å²) in [6.45, 7) is 0. The van der Waals surface area contributed by atoms with Gasteiger partial charge in [0.05, 0.1) is 0 Å². The van der Waals surface area contributed by atoms with E-state index in [2.05, 4.69) is 12.6 Å². The van der Waals surface area contributed by atoms with Crippen LogP contribution in [0.25, 0.3) is 0 Å². The van der Waals surface area contributed by atoms with Crippen molar-refractivity contribution < 1.29 is 0 Å². The van der Waals surface area contributed by atoms with Crippen molar-refractivity contribution in [1.82, 2.24) is 0 Å². The lowest BCUT2D eigenvalue weighted by molar-refractivity contribution is 0.555. The summed E-state index contributed by atoms with van der Waals surface area (Å²) in [6, 6.07) is -1.52. The molecule has 0 unspecified atom stereocenters. The van der Waals surface area contributed by atoms with Crippen LogP contribution in [0.5, 0.6) is 0 Å². The zero-order valence-corrected chi connectivity index (χ0v) is 15.4. The van der Waals surface area contributed by atoms with E-state index in [0.717, 1.165) is 18.2 Å². The maximum absolute atomic E-state index is 5.83. The molecule has 0 aromatic heterocycles. The third-order valence-electron chi connectivity index (χ3n) is 3.12. The molecule has 0 aliphatic rings. The number of hydrogen-bond acceptors (Lipinski definition) is 1. The van der Waals surface area contributed by atoms with Crippen LogP contribution in [-0.4, -0.2) is 11.8 Å². The first kappa shape index (κ1) is 19.4. The van der Waals surface area contributed by atoms with E-state index in [1.165, 1.54) is 64.2 Å². The molecular weight excluding hydrogens is 323 g/mol. The Morgan fingerprint density at radius 3 is 1.22 bits per heavy atom. The molecular formula is C13H27Cl3SSi. The molecule has 110 valence electrons. The molecule has 0 bridgehead atoms. The summed E-state index contributed by atoms with van der Waals surface area (Å²) in [5, 5.41) is 0. The first-order valence-electron chi connectivity index (χ1n) is 7.24. The van der Waals surface area contributed by atoms with Gasteiger partial charge in [-0.15, -0.1) is 33.2 Å². The molecule has 0 aliphatic carbocycles. The van der Waals surface area contributed by atoms with Gasteiger partial charge in [-0.2, -0.15) is 12.6 Å². The predicted molar refractivity (Wildman–Crippen MR) is 92.8 cm³/mol. The van der Waals surface area contributed by atoms with Gasteiger partial charge in [0.2, 0.25) is 0 Å². The zero-order chi connectivity index (χ0) is 13.7. The number of thiol groups is 1. The summed E-state index contributed by atoms with van der Waals surface area (Å²) in [4.78, 5) is 0. The van der Waals surface area contributed by atoms with E-state index in [1.807, 2.05) is 0 Å². The van der Waals surface area contributed by atoms with Crippen molar-refractivity contribution in [2.75, 3.05) is 5.75 Å². The molecule has 0 aromatic carbocycles. The number of halogens is 3. The second-order valence-corrected chi connectivity index (χ2v) is 14.7. The second-order valence-electron chi connectivity index (χ2n) is 4.98. The average Bonchev–Trinajstić information content (AvgIpc) is 2.29. The number of unbranched alkanes of at least 4 members (excludes halogenated alkanes) is 10. The van der Waals surface area contributed by atoms with E-state index in [-0.39, 0.29) is 0 Å². The molecule has 5 heteroatoms. The third kappa shape index (κ3) is 17.4. The van der Waals surface area contributed by atoms with E-state index in [9.17, 15) is 0 Å². The van der Waals surface area contributed by atoms with Gasteiger partial charge >= 0.3 is 6.00 Å². The minimum Gasteiger partial charge on any atom is -0.179 e. The monoisotopic (exact) mass is 348 g/mol. The Morgan fingerprint density at radius 1 is 0.556 bits per heavy atom. The lowest BCUT2D eigenvalue weighted by atomic mass is 10.1. The molecule has 0 heterocycles. The highest BCUT2D eigenvalue weighted by Gasteiger charge is 2.23.